The van der Waals surface area contributed by atoms with E-state index in [1.165, 1.54) is 27.5 Å². The van der Waals surface area contributed by atoms with Crippen LogP contribution in [0, 0.1) is 0 Å². The summed E-state index contributed by atoms with van der Waals surface area (Å²) in [6, 6.07) is 5.48. The van der Waals surface area contributed by atoms with E-state index < -0.39 is 0 Å². The number of carbonyl (C=O) groups is 1. The van der Waals surface area contributed by atoms with Crippen molar-refractivity contribution in [2.24, 2.45) is 0 Å². The van der Waals surface area contributed by atoms with E-state index in [-0.39, 0.29) is 11.5 Å². The molecule has 7 nitrogen and oxygen atoms in total. The number of fused-ring (bicyclic) bond motifs is 1. The highest BCUT2D eigenvalue weighted by Crippen LogP contribution is 2.33. The molecule has 2 aromatic heterocycles. The van der Waals surface area contributed by atoms with Crippen molar-refractivity contribution in [3.05, 3.63) is 45.2 Å². The van der Waals surface area contributed by atoms with Crippen molar-refractivity contribution in [3.63, 3.8) is 0 Å². The highest BCUT2D eigenvalue weighted by Gasteiger charge is 2.32. The van der Waals surface area contributed by atoms with Crippen LogP contribution in [0.25, 0.3) is 11.7 Å². The lowest BCUT2D eigenvalue weighted by Crippen LogP contribution is -2.33. The third kappa shape index (κ3) is 3.94. The van der Waals surface area contributed by atoms with Gasteiger partial charge in [0, 0.05) is 26.4 Å². The van der Waals surface area contributed by atoms with Crippen molar-refractivity contribution in [3.8, 4) is 0 Å². The molecule has 0 unspecified atom stereocenters. The summed E-state index contributed by atoms with van der Waals surface area (Å²) in [6.07, 6.45) is 6.66. The summed E-state index contributed by atoms with van der Waals surface area (Å²) in [6.45, 7) is 2.50. The van der Waals surface area contributed by atoms with Crippen LogP contribution in [-0.4, -0.2) is 57.9 Å². The van der Waals surface area contributed by atoms with E-state index in [4.69, 9.17) is 21.9 Å². The molecular weight excluding hydrogens is 408 g/mol. The second-order valence-corrected chi connectivity index (χ2v) is 8.63. The Morgan fingerprint density at radius 1 is 1.24 bits per heavy atom. The van der Waals surface area contributed by atoms with Crippen LogP contribution in [0.15, 0.2) is 34.1 Å². The molecule has 0 atom stereocenters. The van der Waals surface area contributed by atoms with Crippen LogP contribution in [0.1, 0.15) is 24.8 Å². The van der Waals surface area contributed by atoms with E-state index in [1.807, 2.05) is 12.1 Å². The number of anilines is 1. The van der Waals surface area contributed by atoms with Crippen molar-refractivity contribution in [1.82, 2.24) is 14.3 Å². The molecule has 0 bridgehead atoms. The summed E-state index contributed by atoms with van der Waals surface area (Å²) in [5, 5.41) is 0. The zero-order valence-electron chi connectivity index (χ0n) is 16.2. The molecule has 2 aliphatic heterocycles. The number of ether oxygens (including phenoxy) is 1. The minimum absolute atomic E-state index is 0.182. The number of carbonyl (C=O) groups excluding carboxylic acids is 1. The summed E-state index contributed by atoms with van der Waals surface area (Å²) in [4.78, 5) is 35.0. The molecule has 0 saturated carbocycles. The highest BCUT2D eigenvalue weighted by molar-refractivity contribution is 8.26. The second kappa shape index (κ2) is 8.64. The molecule has 0 spiro atoms. The first-order valence-electron chi connectivity index (χ1n) is 9.61. The molecule has 9 heteroatoms. The Morgan fingerprint density at radius 3 is 2.79 bits per heavy atom. The molecule has 2 aliphatic rings. The standard InChI is InChI=1S/C20H22N4O3S2/c1-27-12-11-24-19(26)15(29-20(24)28)13-14-17(22-8-4-2-5-9-22)21-16-7-3-6-10-23(16)18(14)25/h3,6-7,10,13H,2,4-5,8-9,11-12H2,1H3/b15-13+. The minimum Gasteiger partial charge on any atom is -0.383 e. The van der Waals surface area contributed by atoms with E-state index in [0.717, 1.165) is 25.9 Å². The Morgan fingerprint density at radius 2 is 2.03 bits per heavy atom. The molecule has 0 N–H and O–H groups in total. The molecular formula is C20H22N4O3S2. The van der Waals surface area contributed by atoms with Gasteiger partial charge in [-0.15, -0.1) is 0 Å². The lowest BCUT2D eigenvalue weighted by molar-refractivity contribution is -0.122. The molecule has 29 heavy (non-hydrogen) atoms. The zero-order valence-corrected chi connectivity index (χ0v) is 17.8. The highest BCUT2D eigenvalue weighted by atomic mass is 32.2. The molecule has 0 aromatic carbocycles. The van der Waals surface area contributed by atoms with Crippen molar-refractivity contribution >= 4 is 51.7 Å². The van der Waals surface area contributed by atoms with E-state index in [1.54, 1.807) is 25.4 Å². The van der Waals surface area contributed by atoms with Crippen molar-refractivity contribution < 1.29 is 9.53 Å². The molecule has 0 radical (unpaired) electrons. The SMILES string of the molecule is COCCN1C(=O)/C(=C\c2c(N3CCCCC3)nc3ccccn3c2=O)SC1=S. The first-order valence-corrected chi connectivity index (χ1v) is 10.8. The second-order valence-electron chi connectivity index (χ2n) is 6.96. The number of nitrogens with zero attached hydrogens (tertiary/aromatic N) is 4. The van der Waals surface area contributed by atoms with Crippen LogP contribution in [0.2, 0.25) is 0 Å². The van der Waals surface area contributed by atoms with Gasteiger partial charge in [0.15, 0.2) is 0 Å². The van der Waals surface area contributed by atoms with Gasteiger partial charge in [-0.1, -0.05) is 30.0 Å². The third-order valence-corrected chi connectivity index (χ3v) is 6.45. The number of piperidine rings is 1. The number of hydrogen-bond donors (Lipinski definition) is 0. The van der Waals surface area contributed by atoms with Crippen LogP contribution >= 0.6 is 24.0 Å². The maximum absolute atomic E-state index is 13.3. The summed E-state index contributed by atoms with van der Waals surface area (Å²) in [5.41, 5.74) is 0.851. The predicted octanol–water partition coefficient (Wildman–Crippen LogP) is 2.53. The number of thioether (sulfide) groups is 1. The van der Waals surface area contributed by atoms with Gasteiger partial charge in [0.05, 0.1) is 23.6 Å². The Labute approximate surface area is 178 Å². The van der Waals surface area contributed by atoms with Gasteiger partial charge in [-0.3, -0.25) is 18.9 Å². The van der Waals surface area contributed by atoms with Crippen LogP contribution in [0.5, 0.6) is 0 Å². The van der Waals surface area contributed by atoms with Crippen LogP contribution in [-0.2, 0) is 9.53 Å². The molecule has 152 valence electrons. The van der Waals surface area contributed by atoms with Crippen LogP contribution in [0.4, 0.5) is 5.82 Å². The largest absolute Gasteiger partial charge is 0.383 e. The summed E-state index contributed by atoms with van der Waals surface area (Å²) in [5.74, 6) is 0.447. The fourth-order valence-electron chi connectivity index (χ4n) is 3.57. The maximum atomic E-state index is 13.3. The normalized spacial score (nSPS) is 19.0. The van der Waals surface area contributed by atoms with Crippen molar-refractivity contribution in [2.45, 2.75) is 19.3 Å². The van der Waals surface area contributed by atoms with Gasteiger partial charge in [0.25, 0.3) is 11.5 Å². The number of hydrogen-bond acceptors (Lipinski definition) is 7. The Bertz CT molecular complexity index is 1040. The number of aromatic nitrogens is 2. The summed E-state index contributed by atoms with van der Waals surface area (Å²) in [7, 11) is 1.58. The number of amides is 1. The van der Waals surface area contributed by atoms with Gasteiger partial charge in [0.1, 0.15) is 15.8 Å². The lowest BCUT2D eigenvalue weighted by atomic mass is 10.1. The fraction of sp³-hybridized carbons (Fsp3) is 0.400. The van der Waals surface area contributed by atoms with Gasteiger partial charge in [-0.25, -0.2) is 4.98 Å². The monoisotopic (exact) mass is 430 g/mol. The molecule has 2 aromatic rings. The summed E-state index contributed by atoms with van der Waals surface area (Å²) < 4.78 is 7.06. The van der Waals surface area contributed by atoms with E-state index in [0.29, 0.717) is 39.4 Å². The number of methoxy groups -OCH3 is 1. The van der Waals surface area contributed by atoms with Gasteiger partial charge >= 0.3 is 0 Å². The lowest BCUT2D eigenvalue weighted by Gasteiger charge is -2.29. The molecule has 4 rings (SSSR count). The topological polar surface area (TPSA) is 67.2 Å². The quantitative estimate of drug-likeness (QED) is 0.533. The molecule has 2 saturated heterocycles. The van der Waals surface area contributed by atoms with E-state index >= 15 is 0 Å². The number of thiocarbonyl (C=S) groups is 1. The van der Waals surface area contributed by atoms with Crippen molar-refractivity contribution in [1.29, 1.82) is 0 Å². The Hall–Kier alpha value is -2.23. The van der Waals surface area contributed by atoms with E-state index in [9.17, 15) is 9.59 Å². The van der Waals surface area contributed by atoms with Gasteiger partial charge in [-0.2, -0.15) is 0 Å². The molecule has 0 aliphatic carbocycles. The van der Waals surface area contributed by atoms with E-state index in [2.05, 4.69) is 4.90 Å². The van der Waals surface area contributed by atoms with Crippen molar-refractivity contribution in [2.75, 3.05) is 38.3 Å². The smallest absolute Gasteiger partial charge is 0.267 e. The minimum atomic E-state index is -0.195. The molecule has 2 fully saturated rings. The van der Waals surface area contributed by atoms with Gasteiger partial charge in [0.2, 0.25) is 0 Å². The number of pyridine rings is 1. The van der Waals surface area contributed by atoms with Gasteiger partial charge in [-0.05, 0) is 37.5 Å². The Kier molecular flexibility index (Phi) is 5.98. The predicted molar refractivity (Wildman–Crippen MR) is 119 cm³/mol. The average Bonchev–Trinajstić information content (AvgIpc) is 3.01. The first-order chi connectivity index (χ1) is 14.1. The van der Waals surface area contributed by atoms with Crippen LogP contribution < -0.4 is 10.5 Å². The third-order valence-electron chi connectivity index (χ3n) is 5.07. The Balaban J connectivity index is 1.81. The fourth-order valence-corrected chi connectivity index (χ4v) is 4.86. The average molecular weight is 431 g/mol. The molecule has 4 heterocycles. The maximum Gasteiger partial charge on any atom is 0.267 e. The van der Waals surface area contributed by atoms with Gasteiger partial charge < -0.3 is 9.64 Å². The first kappa shape index (κ1) is 20.1. The zero-order chi connectivity index (χ0) is 20.4. The number of rotatable bonds is 5. The summed E-state index contributed by atoms with van der Waals surface area (Å²) >= 11 is 6.57. The molecule has 1 amide bonds. The van der Waals surface area contributed by atoms with Crippen LogP contribution in [0.3, 0.4) is 0 Å².